The molecule has 0 aliphatic carbocycles. The zero-order chi connectivity index (χ0) is 11.6. The second-order valence-corrected chi connectivity index (χ2v) is 2.02. The van der Waals surface area contributed by atoms with E-state index < -0.39 is 30.7 Å². The maximum Gasteiger partial charge on any atom is 0.501 e. The molecule has 0 aromatic carbocycles. The summed E-state index contributed by atoms with van der Waals surface area (Å²) in [5.74, 6) is -2.29. The summed E-state index contributed by atoms with van der Waals surface area (Å²) in [5.41, 5.74) is 0. The smallest absolute Gasteiger partial charge is 0.393 e. The van der Waals surface area contributed by atoms with Crippen molar-refractivity contribution in [2.45, 2.75) is 18.7 Å². The lowest BCUT2D eigenvalue weighted by atomic mass is 10.4. The predicted octanol–water partition coefficient (Wildman–Crippen LogP) is 1.57. The Morgan fingerprint density at radius 2 is 1.50 bits per heavy atom. The number of hydrogen-bond donors (Lipinski definition) is 0. The van der Waals surface area contributed by atoms with E-state index in [2.05, 4.69) is 4.74 Å². The van der Waals surface area contributed by atoms with E-state index in [0.29, 0.717) is 0 Å². The maximum atomic E-state index is 11.8. The molecule has 0 aromatic heterocycles. The Balaban J connectivity index is 4.37. The maximum absolute atomic E-state index is 11.8. The summed E-state index contributed by atoms with van der Waals surface area (Å²) >= 11 is 0. The van der Waals surface area contributed by atoms with Crippen molar-refractivity contribution >= 4 is 12.0 Å². The SMILES string of the molecule is O=C(F)CC(=O)OC(F)(F)C(F)(F)F. The average molecular weight is 224 g/mol. The Morgan fingerprint density at radius 3 is 1.79 bits per heavy atom. The average Bonchev–Trinajstić information content (AvgIpc) is 1.79. The minimum atomic E-state index is -6.10. The second-order valence-electron chi connectivity index (χ2n) is 2.02. The highest BCUT2D eigenvalue weighted by atomic mass is 19.4. The van der Waals surface area contributed by atoms with Gasteiger partial charge in [-0.25, -0.2) is 0 Å². The predicted molar refractivity (Wildman–Crippen MR) is 27.8 cm³/mol. The molecule has 0 aliphatic rings. The molecule has 0 spiro atoms. The first kappa shape index (κ1) is 12.7. The fraction of sp³-hybridized carbons (Fsp3) is 0.600. The number of esters is 1. The van der Waals surface area contributed by atoms with Crippen LogP contribution in [0.4, 0.5) is 26.3 Å². The lowest BCUT2D eigenvalue weighted by Crippen LogP contribution is -2.41. The van der Waals surface area contributed by atoms with Crippen LogP contribution in [0.5, 0.6) is 0 Å². The van der Waals surface area contributed by atoms with E-state index in [1.54, 1.807) is 0 Å². The van der Waals surface area contributed by atoms with Crippen molar-refractivity contribution in [2.24, 2.45) is 0 Å². The van der Waals surface area contributed by atoms with E-state index in [0.717, 1.165) is 0 Å². The Hall–Kier alpha value is -1.28. The van der Waals surface area contributed by atoms with Crippen molar-refractivity contribution < 1.29 is 40.7 Å². The zero-order valence-corrected chi connectivity index (χ0v) is 6.20. The van der Waals surface area contributed by atoms with Crippen LogP contribution in [0.25, 0.3) is 0 Å². The first-order valence-corrected chi connectivity index (χ1v) is 2.91. The van der Waals surface area contributed by atoms with Crippen LogP contribution >= 0.6 is 0 Å². The molecular weight excluding hydrogens is 222 g/mol. The first-order valence-electron chi connectivity index (χ1n) is 2.91. The number of rotatable bonds is 3. The van der Waals surface area contributed by atoms with E-state index in [4.69, 9.17) is 0 Å². The number of carbonyl (C=O) groups is 2. The lowest BCUT2D eigenvalue weighted by molar-refractivity contribution is -0.376. The van der Waals surface area contributed by atoms with Crippen molar-refractivity contribution in [1.82, 2.24) is 0 Å². The van der Waals surface area contributed by atoms with Crippen molar-refractivity contribution in [2.75, 3.05) is 0 Å². The minimum absolute atomic E-state index is 1.79. The summed E-state index contributed by atoms with van der Waals surface area (Å²) in [7, 11) is 0. The van der Waals surface area contributed by atoms with Crippen molar-refractivity contribution in [3.63, 3.8) is 0 Å². The fourth-order valence-corrected chi connectivity index (χ4v) is 0.350. The van der Waals surface area contributed by atoms with Gasteiger partial charge in [0.15, 0.2) is 0 Å². The van der Waals surface area contributed by atoms with Crippen LogP contribution in [0.3, 0.4) is 0 Å². The van der Waals surface area contributed by atoms with Gasteiger partial charge in [0, 0.05) is 0 Å². The van der Waals surface area contributed by atoms with Crippen LogP contribution in [0, 0.1) is 0 Å². The Morgan fingerprint density at radius 1 is 1.07 bits per heavy atom. The molecule has 0 unspecified atom stereocenters. The molecule has 82 valence electrons. The topological polar surface area (TPSA) is 43.4 Å². The molecule has 0 saturated heterocycles. The summed E-state index contributed by atoms with van der Waals surface area (Å²) in [4.78, 5) is 19.5. The van der Waals surface area contributed by atoms with Gasteiger partial charge in [0.25, 0.3) is 0 Å². The number of ether oxygens (including phenoxy) is 1. The van der Waals surface area contributed by atoms with Gasteiger partial charge in [-0.15, -0.1) is 0 Å². The summed E-state index contributed by atoms with van der Waals surface area (Å²) in [6, 6.07) is -2.37. The third-order valence-electron chi connectivity index (χ3n) is 0.855. The molecular formula is C5H2F6O3. The highest BCUT2D eigenvalue weighted by Gasteiger charge is 2.62. The van der Waals surface area contributed by atoms with E-state index in [-0.39, 0.29) is 0 Å². The molecule has 14 heavy (non-hydrogen) atoms. The molecule has 0 amide bonds. The Labute approximate surface area is 72.6 Å². The molecule has 0 saturated carbocycles. The minimum Gasteiger partial charge on any atom is -0.393 e. The Bertz CT molecular complexity index is 244. The Kier molecular flexibility index (Phi) is 3.49. The van der Waals surface area contributed by atoms with Gasteiger partial charge in [0.2, 0.25) is 0 Å². The van der Waals surface area contributed by atoms with Gasteiger partial charge in [-0.2, -0.15) is 26.3 Å². The first-order chi connectivity index (χ1) is 6.06. The molecule has 0 rings (SSSR count). The van der Waals surface area contributed by atoms with Crippen molar-refractivity contribution in [3.8, 4) is 0 Å². The number of hydrogen-bond acceptors (Lipinski definition) is 3. The second kappa shape index (κ2) is 3.84. The van der Waals surface area contributed by atoms with Crippen molar-refractivity contribution in [3.05, 3.63) is 0 Å². The molecule has 3 nitrogen and oxygen atoms in total. The molecule has 0 heterocycles. The normalized spacial score (nSPS) is 12.4. The van der Waals surface area contributed by atoms with Crippen LogP contribution in [0.1, 0.15) is 6.42 Å². The summed E-state index contributed by atoms with van der Waals surface area (Å²) in [6.45, 7) is 0. The molecule has 0 aliphatic heterocycles. The van der Waals surface area contributed by atoms with Crippen LogP contribution in [0.15, 0.2) is 0 Å². The summed E-state index contributed by atoms with van der Waals surface area (Å²) < 4.78 is 71.5. The molecule has 0 N–H and O–H groups in total. The largest absolute Gasteiger partial charge is 0.501 e. The van der Waals surface area contributed by atoms with Gasteiger partial charge < -0.3 is 4.74 Å². The van der Waals surface area contributed by atoms with Gasteiger partial charge in [-0.1, -0.05) is 0 Å². The van der Waals surface area contributed by atoms with Gasteiger partial charge in [0.1, 0.15) is 6.42 Å². The van der Waals surface area contributed by atoms with Crippen molar-refractivity contribution in [1.29, 1.82) is 0 Å². The van der Waals surface area contributed by atoms with Crippen LogP contribution in [-0.4, -0.2) is 24.3 Å². The monoisotopic (exact) mass is 224 g/mol. The fourth-order valence-electron chi connectivity index (χ4n) is 0.350. The quantitative estimate of drug-likeness (QED) is 0.316. The van der Waals surface area contributed by atoms with E-state index in [1.165, 1.54) is 0 Å². The number of carbonyl (C=O) groups excluding carboxylic acids is 2. The molecule has 0 atom stereocenters. The number of halogens is 6. The van der Waals surface area contributed by atoms with Crippen LogP contribution < -0.4 is 0 Å². The summed E-state index contributed by atoms with van der Waals surface area (Å²) in [6.07, 6.45) is -13.6. The third kappa shape index (κ3) is 3.62. The third-order valence-corrected chi connectivity index (χ3v) is 0.855. The number of alkyl halides is 5. The van der Waals surface area contributed by atoms with E-state index in [9.17, 15) is 35.9 Å². The highest BCUT2D eigenvalue weighted by Crippen LogP contribution is 2.36. The van der Waals surface area contributed by atoms with Gasteiger partial charge in [-0.05, 0) is 0 Å². The van der Waals surface area contributed by atoms with Crippen LogP contribution in [-0.2, 0) is 14.3 Å². The molecule has 0 radical (unpaired) electrons. The zero-order valence-electron chi connectivity index (χ0n) is 6.20. The standard InChI is InChI=1S/C5H2F6O3/c6-2(12)1-3(13)14-5(10,11)4(7,8)9/h1H2. The summed E-state index contributed by atoms with van der Waals surface area (Å²) in [5, 5.41) is 0. The molecule has 0 aromatic rings. The molecule has 0 fully saturated rings. The van der Waals surface area contributed by atoms with Gasteiger partial charge in [-0.3, -0.25) is 9.59 Å². The molecule has 9 heteroatoms. The van der Waals surface area contributed by atoms with E-state index >= 15 is 0 Å². The van der Waals surface area contributed by atoms with Gasteiger partial charge >= 0.3 is 24.3 Å². The van der Waals surface area contributed by atoms with E-state index in [1.807, 2.05) is 0 Å². The lowest BCUT2D eigenvalue weighted by Gasteiger charge is -2.18. The van der Waals surface area contributed by atoms with Gasteiger partial charge in [0.05, 0.1) is 0 Å². The van der Waals surface area contributed by atoms with Crippen LogP contribution in [0.2, 0.25) is 0 Å². The highest BCUT2D eigenvalue weighted by molar-refractivity contribution is 5.90. The molecule has 0 bridgehead atoms.